The molecule has 0 saturated heterocycles. The molecule has 0 fully saturated rings. The fourth-order valence-corrected chi connectivity index (χ4v) is 1.75. The summed E-state index contributed by atoms with van der Waals surface area (Å²) in [5.41, 5.74) is 0. The van der Waals surface area contributed by atoms with E-state index in [9.17, 15) is 9.59 Å². The standard InChI is InChI=1S/C4H6O4S.Au/c5-3(6)1-2(9)4(7)8;/h2,9H,1H2,(H,5,6)(H,7,8);/q;+1/p-1. The van der Waals surface area contributed by atoms with Gasteiger partial charge in [0.25, 0.3) is 0 Å². The van der Waals surface area contributed by atoms with Crippen LogP contribution < -0.4 is 0 Å². The summed E-state index contributed by atoms with van der Waals surface area (Å²) in [5.74, 6) is -2.18. The van der Waals surface area contributed by atoms with Crippen molar-refractivity contribution in [1.29, 1.82) is 0 Å². The van der Waals surface area contributed by atoms with E-state index in [1.165, 1.54) is 0 Å². The van der Waals surface area contributed by atoms with Gasteiger partial charge in [0.15, 0.2) is 0 Å². The van der Waals surface area contributed by atoms with Gasteiger partial charge < -0.3 is 0 Å². The molecule has 0 bridgehead atoms. The summed E-state index contributed by atoms with van der Waals surface area (Å²) in [6, 6.07) is 0. The third-order valence-electron chi connectivity index (χ3n) is 0.721. The molecular formula is C4H5AuO4S. The van der Waals surface area contributed by atoms with Crippen LogP contribution in [0.1, 0.15) is 6.42 Å². The second kappa shape index (κ2) is 4.79. The molecule has 0 amide bonds. The Morgan fingerprint density at radius 3 is 2.10 bits per heavy atom. The summed E-state index contributed by atoms with van der Waals surface area (Å²) in [7, 11) is 0.970. The van der Waals surface area contributed by atoms with E-state index in [-0.39, 0.29) is 6.42 Å². The van der Waals surface area contributed by atoms with Gasteiger partial charge in [0, 0.05) is 0 Å². The molecule has 0 rings (SSSR count). The summed E-state index contributed by atoms with van der Waals surface area (Å²) >= 11 is 1.94. The van der Waals surface area contributed by atoms with Crippen LogP contribution in [0.3, 0.4) is 0 Å². The number of carbonyl (C=O) groups is 2. The van der Waals surface area contributed by atoms with Crippen LogP contribution in [0.15, 0.2) is 0 Å². The quantitative estimate of drug-likeness (QED) is 0.707. The van der Waals surface area contributed by atoms with Crippen molar-refractivity contribution in [3.63, 3.8) is 0 Å². The number of carboxylic acids is 2. The van der Waals surface area contributed by atoms with Crippen molar-refractivity contribution in [2.24, 2.45) is 0 Å². The molecule has 10 heavy (non-hydrogen) atoms. The van der Waals surface area contributed by atoms with Crippen LogP contribution in [0.5, 0.6) is 0 Å². The van der Waals surface area contributed by atoms with Crippen molar-refractivity contribution in [3.05, 3.63) is 0 Å². The van der Waals surface area contributed by atoms with Gasteiger partial charge in [-0.15, -0.1) is 0 Å². The topological polar surface area (TPSA) is 74.6 Å². The van der Waals surface area contributed by atoms with Gasteiger partial charge in [-0.3, -0.25) is 0 Å². The van der Waals surface area contributed by atoms with Crippen molar-refractivity contribution in [2.45, 2.75) is 11.7 Å². The molecule has 0 saturated carbocycles. The Kier molecular flexibility index (Phi) is 4.80. The maximum absolute atomic E-state index is 10.2. The molecule has 6 heteroatoms. The van der Waals surface area contributed by atoms with Crippen molar-refractivity contribution >= 4 is 21.2 Å². The average molecular weight is 346 g/mol. The third kappa shape index (κ3) is 3.95. The fraction of sp³-hybridized carbons (Fsp3) is 0.500. The number of carboxylic acid groups (broad SMARTS) is 2. The van der Waals surface area contributed by atoms with Gasteiger partial charge in [0.1, 0.15) is 0 Å². The first-order valence-corrected chi connectivity index (χ1v) is 5.64. The van der Waals surface area contributed by atoms with Gasteiger partial charge in [-0.1, -0.05) is 0 Å². The van der Waals surface area contributed by atoms with E-state index < -0.39 is 17.2 Å². The molecule has 0 aromatic rings. The Morgan fingerprint density at radius 1 is 1.50 bits per heavy atom. The van der Waals surface area contributed by atoms with Crippen LogP contribution in [-0.2, 0) is 29.3 Å². The Bertz CT molecular complexity index is 148. The molecule has 0 aliphatic rings. The van der Waals surface area contributed by atoms with Gasteiger partial charge in [-0.25, -0.2) is 0 Å². The Morgan fingerprint density at radius 2 is 2.00 bits per heavy atom. The van der Waals surface area contributed by atoms with E-state index in [0.717, 1.165) is 9.23 Å². The summed E-state index contributed by atoms with van der Waals surface area (Å²) in [5, 5.41) is 15.7. The summed E-state index contributed by atoms with van der Waals surface area (Å²) in [4.78, 5) is 20.2. The van der Waals surface area contributed by atoms with Crippen LogP contribution in [0.2, 0.25) is 0 Å². The maximum atomic E-state index is 10.2. The zero-order valence-electron chi connectivity index (χ0n) is 4.71. The predicted molar refractivity (Wildman–Crippen MR) is 31.3 cm³/mol. The fourth-order valence-electron chi connectivity index (χ4n) is 0.301. The van der Waals surface area contributed by atoms with Crippen LogP contribution in [0.25, 0.3) is 0 Å². The Hall–Kier alpha value is 0.0303. The molecule has 4 nitrogen and oxygen atoms in total. The van der Waals surface area contributed by atoms with E-state index in [0.29, 0.717) is 0 Å². The Balaban J connectivity index is 3.83. The molecule has 0 aliphatic heterocycles. The molecule has 2 N–H and O–H groups in total. The number of hydrogen-bond acceptors (Lipinski definition) is 3. The summed E-state index contributed by atoms with van der Waals surface area (Å²) < 4.78 is 0. The van der Waals surface area contributed by atoms with Crippen molar-refractivity contribution < 1.29 is 39.5 Å². The number of rotatable bonds is 4. The van der Waals surface area contributed by atoms with Gasteiger partial charge in [-0.05, 0) is 0 Å². The van der Waals surface area contributed by atoms with Gasteiger partial charge >= 0.3 is 72.4 Å². The first kappa shape index (κ1) is 10.0. The normalized spacial score (nSPS) is 12.6. The molecule has 0 aromatic heterocycles. The molecular weight excluding hydrogens is 341 g/mol. The predicted octanol–water partition coefficient (Wildman–Crippen LogP) is 0.109. The molecule has 1 unspecified atom stereocenters. The second-order valence-electron chi connectivity index (χ2n) is 1.50. The molecule has 0 aliphatic carbocycles. The van der Waals surface area contributed by atoms with E-state index in [1.54, 1.807) is 0 Å². The van der Waals surface area contributed by atoms with Crippen molar-refractivity contribution in [3.8, 4) is 0 Å². The van der Waals surface area contributed by atoms with E-state index >= 15 is 0 Å². The van der Waals surface area contributed by atoms with E-state index in [4.69, 9.17) is 10.2 Å². The van der Waals surface area contributed by atoms with Crippen molar-refractivity contribution in [1.82, 2.24) is 0 Å². The van der Waals surface area contributed by atoms with E-state index in [1.807, 2.05) is 19.7 Å². The number of aliphatic carboxylic acids is 2. The monoisotopic (exact) mass is 346 g/mol. The van der Waals surface area contributed by atoms with Gasteiger partial charge in [0.05, 0.1) is 0 Å². The summed E-state index contributed by atoms with van der Waals surface area (Å²) in [6.45, 7) is 0. The summed E-state index contributed by atoms with van der Waals surface area (Å²) in [6.07, 6.45) is -0.337. The van der Waals surface area contributed by atoms with Crippen molar-refractivity contribution in [2.75, 3.05) is 0 Å². The van der Waals surface area contributed by atoms with Crippen LogP contribution >= 0.6 is 9.23 Å². The molecule has 1 atom stereocenters. The number of hydrogen-bond donors (Lipinski definition) is 2. The molecule has 0 heterocycles. The van der Waals surface area contributed by atoms with Gasteiger partial charge in [0.2, 0.25) is 0 Å². The first-order valence-electron chi connectivity index (χ1n) is 2.26. The zero-order valence-corrected chi connectivity index (χ0v) is 7.69. The molecule has 0 radical (unpaired) electrons. The third-order valence-corrected chi connectivity index (χ3v) is 3.11. The van der Waals surface area contributed by atoms with Crippen LogP contribution in [-0.4, -0.2) is 27.4 Å². The Labute approximate surface area is 72.5 Å². The van der Waals surface area contributed by atoms with Crippen LogP contribution in [0, 0.1) is 0 Å². The minimum absolute atomic E-state index is 0.337. The minimum atomic E-state index is -1.09. The SMILES string of the molecule is O=C(O)CC([S][Au])C(=O)O. The first-order chi connectivity index (χ1) is 4.57. The molecule has 0 spiro atoms. The molecule has 62 valence electrons. The second-order valence-corrected chi connectivity index (χ2v) is 3.74. The van der Waals surface area contributed by atoms with Gasteiger partial charge in [-0.2, -0.15) is 0 Å². The molecule has 0 aromatic carbocycles. The van der Waals surface area contributed by atoms with Crippen LogP contribution in [0.4, 0.5) is 0 Å². The zero-order chi connectivity index (χ0) is 8.15. The van der Waals surface area contributed by atoms with E-state index in [2.05, 4.69) is 0 Å². The average Bonchev–Trinajstić information content (AvgIpc) is 1.81.